The van der Waals surface area contributed by atoms with Crippen molar-refractivity contribution in [2.75, 3.05) is 18.5 Å². The minimum absolute atomic E-state index is 0.249. The number of rotatable bonds is 18. The SMILES string of the molecule is CCOC(=O)c1ccc(NCCCCCCCCCCCCCCC(C)C)cc1. The van der Waals surface area contributed by atoms with Crippen molar-refractivity contribution >= 4 is 11.7 Å². The van der Waals surface area contributed by atoms with E-state index in [9.17, 15) is 4.79 Å². The summed E-state index contributed by atoms with van der Waals surface area (Å²) in [5.74, 6) is 0.621. The van der Waals surface area contributed by atoms with E-state index in [0.717, 1.165) is 18.2 Å². The van der Waals surface area contributed by atoms with E-state index in [2.05, 4.69) is 19.2 Å². The molecule has 3 nitrogen and oxygen atoms in total. The summed E-state index contributed by atoms with van der Waals surface area (Å²) in [6, 6.07) is 7.56. The van der Waals surface area contributed by atoms with E-state index in [1.165, 1.54) is 83.5 Å². The zero-order valence-corrected chi connectivity index (χ0v) is 19.3. The number of hydrogen-bond donors (Lipinski definition) is 1. The highest BCUT2D eigenvalue weighted by Gasteiger charge is 2.05. The number of esters is 1. The Morgan fingerprint density at radius 3 is 1.76 bits per heavy atom. The number of benzene rings is 1. The zero-order valence-electron chi connectivity index (χ0n) is 19.3. The van der Waals surface area contributed by atoms with Crippen LogP contribution >= 0.6 is 0 Å². The van der Waals surface area contributed by atoms with Crippen molar-refractivity contribution < 1.29 is 9.53 Å². The molecule has 1 aromatic rings. The Morgan fingerprint density at radius 2 is 1.28 bits per heavy atom. The molecule has 0 aliphatic heterocycles. The van der Waals surface area contributed by atoms with Gasteiger partial charge in [-0.1, -0.05) is 90.9 Å². The van der Waals surface area contributed by atoms with Gasteiger partial charge in [0.05, 0.1) is 12.2 Å². The number of carbonyl (C=O) groups is 1. The normalized spacial score (nSPS) is 11.0. The van der Waals surface area contributed by atoms with Gasteiger partial charge in [0.2, 0.25) is 0 Å². The third kappa shape index (κ3) is 14.2. The summed E-state index contributed by atoms with van der Waals surface area (Å²) in [5, 5.41) is 3.44. The first-order chi connectivity index (χ1) is 14.1. The quantitative estimate of drug-likeness (QED) is 0.199. The second-order valence-electron chi connectivity index (χ2n) is 8.65. The van der Waals surface area contributed by atoms with Crippen LogP contribution < -0.4 is 5.32 Å². The van der Waals surface area contributed by atoms with Crippen LogP contribution in [0.2, 0.25) is 0 Å². The number of ether oxygens (including phenoxy) is 1. The fourth-order valence-electron chi connectivity index (χ4n) is 3.62. The third-order valence-corrected chi connectivity index (χ3v) is 5.43. The maximum Gasteiger partial charge on any atom is 0.338 e. The Kier molecular flexibility index (Phi) is 15.3. The molecule has 3 heteroatoms. The average molecular weight is 404 g/mol. The highest BCUT2D eigenvalue weighted by molar-refractivity contribution is 5.89. The van der Waals surface area contributed by atoms with Gasteiger partial charge in [-0.15, -0.1) is 0 Å². The van der Waals surface area contributed by atoms with Crippen LogP contribution in [0.3, 0.4) is 0 Å². The Hall–Kier alpha value is -1.51. The van der Waals surface area contributed by atoms with Gasteiger partial charge in [0.15, 0.2) is 0 Å². The molecule has 0 atom stereocenters. The summed E-state index contributed by atoms with van der Waals surface area (Å²) in [6.45, 7) is 7.88. The monoisotopic (exact) mass is 403 g/mol. The molecule has 29 heavy (non-hydrogen) atoms. The fourth-order valence-corrected chi connectivity index (χ4v) is 3.62. The molecule has 0 aromatic heterocycles. The lowest BCUT2D eigenvalue weighted by molar-refractivity contribution is 0.0526. The highest BCUT2D eigenvalue weighted by atomic mass is 16.5. The van der Waals surface area contributed by atoms with Crippen molar-refractivity contribution in [3.05, 3.63) is 29.8 Å². The van der Waals surface area contributed by atoms with E-state index in [-0.39, 0.29) is 5.97 Å². The lowest BCUT2D eigenvalue weighted by Gasteiger charge is -2.07. The van der Waals surface area contributed by atoms with Gasteiger partial charge in [-0.2, -0.15) is 0 Å². The van der Waals surface area contributed by atoms with Crippen LogP contribution in [0.1, 0.15) is 115 Å². The van der Waals surface area contributed by atoms with E-state index in [0.29, 0.717) is 12.2 Å². The van der Waals surface area contributed by atoms with Gasteiger partial charge < -0.3 is 10.1 Å². The molecule has 0 spiro atoms. The van der Waals surface area contributed by atoms with Crippen molar-refractivity contribution in [1.82, 2.24) is 0 Å². The van der Waals surface area contributed by atoms with E-state index in [1.54, 1.807) is 0 Å². The minimum Gasteiger partial charge on any atom is -0.462 e. The maximum absolute atomic E-state index is 11.6. The largest absolute Gasteiger partial charge is 0.462 e. The van der Waals surface area contributed by atoms with Gasteiger partial charge in [-0.05, 0) is 43.5 Å². The molecule has 1 rings (SSSR count). The molecule has 0 fully saturated rings. The van der Waals surface area contributed by atoms with Gasteiger partial charge in [0, 0.05) is 12.2 Å². The van der Waals surface area contributed by atoms with Crippen molar-refractivity contribution in [2.45, 2.75) is 104 Å². The standard InChI is InChI=1S/C26H45NO2/c1-4-29-26(28)24-18-20-25(21-19-24)27-22-16-14-12-10-8-6-5-7-9-11-13-15-17-23(2)3/h18-21,23,27H,4-17,22H2,1-3H3. The van der Waals surface area contributed by atoms with Crippen molar-refractivity contribution in [2.24, 2.45) is 5.92 Å². The summed E-state index contributed by atoms with van der Waals surface area (Å²) in [4.78, 5) is 11.6. The number of hydrogen-bond acceptors (Lipinski definition) is 3. The van der Waals surface area contributed by atoms with E-state index in [1.807, 2.05) is 31.2 Å². The van der Waals surface area contributed by atoms with Gasteiger partial charge in [-0.25, -0.2) is 4.79 Å². The lowest BCUT2D eigenvalue weighted by atomic mass is 10.0. The topological polar surface area (TPSA) is 38.3 Å². The maximum atomic E-state index is 11.6. The summed E-state index contributed by atoms with van der Waals surface area (Å²) in [6.07, 6.45) is 18.0. The van der Waals surface area contributed by atoms with Crippen LogP contribution in [-0.4, -0.2) is 19.1 Å². The fraction of sp³-hybridized carbons (Fsp3) is 0.731. The molecular weight excluding hydrogens is 358 g/mol. The van der Waals surface area contributed by atoms with Crippen molar-refractivity contribution in [1.29, 1.82) is 0 Å². The van der Waals surface area contributed by atoms with Crippen LogP contribution in [0.15, 0.2) is 24.3 Å². The van der Waals surface area contributed by atoms with Crippen LogP contribution in [0.5, 0.6) is 0 Å². The molecule has 0 aliphatic carbocycles. The molecule has 1 N–H and O–H groups in total. The van der Waals surface area contributed by atoms with Gasteiger partial charge in [0.1, 0.15) is 0 Å². The molecule has 0 radical (unpaired) electrons. The number of anilines is 1. The first-order valence-corrected chi connectivity index (χ1v) is 12.1. The van der Waals surface area contributed by atoms with Crippen molar-refractivity contribution in [3.8, 4) is 0 Å². The molecule has 0 heterocycles. The molecule has 0 saturated carbocycles. The van der Waals surface area contributed by atoms with Crippen LogP contribution in [-0.2, 0) is 4.74 Å². The number of carbonyl (C=O) groups excluding carboxylic acids is 1. The van der Waals surface area contributed by atoms with E-state index < -0.39 is 0 Å². The highest BCUT2D eigenvalue weighted by Crippen LogP contribution is 2.15. The lowest BCUT2D eigenvalue weighted by Crippen LogP contribution is -2.05. The average Bonchev–Trinajstić information content (AvgIpc) is 2.71. The molecular formula is C26H45NO2. The summed E-state index contributed by atoms with van der Waals surface area (Å²) < 4.78 is 5.00. The molecule has 1 aromatic carbocycles. The van der Waals surface area contributed by atoms with E-state index in [4.69, 9.17) is 4.74 Å². The van der Waals surface area contributed by atoms with Gasteiger partial charge in [-0.3, -0.25) is 0 Å². The Labute approximate surface area is 180 Å². The second kappa shape index (κ2) is 17.4. The first kappa shape index (κ1) is 25.5. The predicted molar refractivity (Wildman–Crippen MR) is 126 cm³/mol. The van der Waals surface area contributed by atoms with Gasteiger partial charge >= 0.3 is 5.97 Å². The van der Waals surface area contributed by atoms with Crippen LogP contribution in [0.4, 0.5) is 5.69 Å². The molecule has 166 valence electrons. The molecule has 0 unspecified atom stereocenters. The molecule has 0 saturated heterocycles. The Bertz CT molecular complexity index is 510. The summed E-state index contributed by atoms with van der Waals surface area (Å²) in [7, 11) is 0. The number of unbranched alkanes of at least 4 members (excludes halogenated alkanes) is 11. The minimum atomic E-state index is -0.249. The van der Waals surface area contributed by atoms with Crippen LogP contribution in [0, 0.1) is 5.92 Å². The smallest absolute Gasteiger partial charge is 0.338 e. The van der Waals surface area contributed by atoms with Crippen LogP contribution in [0.25, 0.3) is 0 Å². The number of nitrogens with one attached hydrogen (secondary N) is 1. The first-order valence-electron chi connectivity index (χ1n) is 12.1. The second-order valence-corrected chi connectivity index (χ2v) is 8.65. The summed E-state index contributed by atoms with van der Waals surface area (Å²) in [5.41, 5.74) is 1.69. The molecule has 0 aliphatic rings. The Morgan fingerprint density at radius 1 is 0.793 bits per heavy atom. The Balaban J connectivity index is 1.87. The third-order valence-electron chi connectivity index (χ3n) is 5.43. The molecule has 0 amide bonds. The predicted octanol–water partition coefficient (Wildman–Crippen LogP) is 8.00. The van der Waals surface area contributed by atoms with Crippen molar-refractivity contribution in [3.63, 3.8) is 0 Å². The van der Waals surface area contributed by atoms with E-state index >= 15 is 0 Å². The summed E-state index contributed by atoms with van der Waals surface area (Å²) >= 11 is 0. The van der Waals surface area contributed by atoms with Gasteiger partial charge in [0.25, 0.3) is 0 Å². The zero-order chi connectivity index (χ0) is 21.2. The molecule has 0 bridgehead atoms.